The van der Waals surface area contributed by atoms with Gasteiger partial charge < -0.3 is 5.32 Å². The third-order valence-corrected chi connectivity index (χ3v) is 3.65. The maximum Gasteiger partial charge on any atom is 0.129 e. The van der Waals surface area contributed by atoms with Crippen LogP contribution in [0.4, 0.5) is 4.39 Å². The summed E-state index contributed by atoms with van der Waals surface area (Å²) >= 11 is 12.2. The summed E-state index contributed by atoms with van der Waals surface area (Å²) in [5.41, 5.74) is 1.36. The van der Waals surface area contributed by atoms with E-state index in [0.29, 0.717) is 22.0 Å². The monoisotopic (exact) mass is 298 g/mol. The van der Waals surface area contributed by atoms with Crippen LogP contribution >= 0.6 is 23.2 Å². The Morgan fingerprint density at radius 3 is 2.68 bits per heavy atom. The zero-order chi connectivity index (χ0) is 13.8. The predicted octanol–water partition coefficient (Wildman–Crippen LogP) is 4.03. The van der Waals surface area contributed by atoms with Gasteiger partial charge in [-0.25, -0.2) is 4.39 Å². The van der Waals surface area contributed by atoms with Gasteiger partial charge in [-0.15, -0.1) is 0 Å². The molecule has 5 heteroatoms. The minimum atomic E-state index is -0.322. The van der Waals surface area contributed by atoms with Crippen molar-refractivity contribution in [3.05, 3.63) is 63.6 Å². The van der Waals surface area contributed by atoms with Gasteiger partial charge in [0.05, 0.1) is 5.02 Å². The summed E-state index contributed by atoms with van der Waals surface area (Å²) in [7, 11) is 1.77. The van der Waals surface area contributed by atoms with Crippen LogP contribution in [-0.4, -0.2) is 12.0 Å². The minimum absolute atomic E-state index is 0.242. The van der Waals surface area contributed by atoms with Gasteiger partial charge in [-0.05, 0) is 37.2 Å². The summed E-state index contributed by atoms with van der Waals surface area (Å²) in [6.45, 7) is 0. The van der Waals surface area contributed by atoms with E-state index in [2.05, 4.69) is 10.3 Å². The highest BCUT2D eigenvalue weighted by molar-refractivity contribution is 6.31. The van der Waals surface area contributed by atoms with Crippen LogP contribution in [-0.2, 0) is 6.42 Å². The normalized spacial score (nSPS) is 12.4. The third-order valence-electron chi connectivity index (χ3n) is 2.98. The number of nitrogens with one attached hydrogen (secondary N) is 1. The number of rotatable bonds is 4. The first kappa shape index (κ1) is 14.3. The zero-order valence-corrected chi connectivity index (χ0v) is 11.8. The maximum absolute atomic E-state index is 13.9. The average molecular weight is 299 g/mol. The van der Waals surface area contributed by atoms with E-state index in [9.17, 15) is 4.39 Å². The average Bonchev–Trinajstić information content (AvgIpc) is 2.39. The number of hydrogen-bond acceptors (Lipinski definition) is 2. The van der Waals surface area contributed by atoms with Crippen molar-refractivity contribution in [3.63, 3.8) is 0 Å². The van der Waals surface area contributed by atoms with Crippen LogP contribution in [0, 0.1) is 5.82 Å². The Hall–Kier alpha value is -1.16. The van der Waals surface area contributed by atoms with Crippen molar-refractivity contribution in [1.29, 1.82) is 0 Å². The zero-order valence-electron chi connectivity index (χ0n) is 10.3. The lowest BCUT2D eigenvalue weighted by Gasteiger charge is -2.19. The molecule has 0 aliphatic heterocycles. The van der Waals surface area contributed by atoms with Crippen molar-refractivity contribution in [3.8, 4) is 0 Å². The minimum Gasteiger partial charge on any atom is -0.313 e. The molecule has 1 aromatic carbocycles. The lowest BCUT2D eigenvalue weighted by Crippen LogP contribution is -2.20. The molecule has 0 amide bonds. The molecule has 1 heterocycles. The molecule has 0 radical (unpaired) electrons. The number of benzene rings is 1. The van der Waals surface area contributed by atoms with Crippen molar-refractivity contribution in [2.24, 2.45) is 0 Å². The van der Waals surface area contributed by atoms with E-state index in [4.69, 9.17) is 23.2 Å². The lowest BCUT2D eigenvalue weighted by molar-refractivity contribution is 0.534. The van der Waals surface area contributed by atoms with E-state index in [1.54, 1.807) is 31.6 Å². The van der Waals surface area contributed by atoms with Gasteiger partial charge in [0.1, 0.15) is 5.82 Å². The fourth-order valence-corrected chi connectivity index (χ4v) is 2.47. The molecule has 0 saturated heterocycles. The van der Waals surface area contributed by atoms with E-state index in [0.717, 1.165) is 5.56 Å². The number of halogens is 3. The topological polar surface area (TPSA) is 24.9 Å². The first-order valence-electron chi connectivity index (χ1n) is 5.83. The van der Waals surface area contributed by atoms with E-state index in [1.165, 1.54) is 6.07 Å². The number of pyridine rings is 1. The summed E-state index contributed by atoms with van der Waals surface area (Å²) in [5.74, 6) is -0.322. The lowest BCUT2D eigenvalue weighted by atomic mass is 9.99. The summed E-state index contributed by atoms with van der Waals surface area (Å²) in [5, 5.41) is 4.04. The number of nitrogens with zero attached hydrogens (tertiary/aromatic N) is 1. The van der Waals surface area contributed by atoms with Crippen molar-refractivity contribution in [2.45, 2.75) is 12.5 Å². The molecule has 1 N–H and O–H groups in total. The van der Waals surface area contributed by atoms with Crippen LogP contribution in [0.25, 0.3) is 0 Å². The molecule has 0 spiro atoms. The molecule has 0 bridgehead atoms. The van der Waals surface area contributed by atoms with Crippen LogP contribution in [0.1, 0.15) is 17.2 Å². The maximum atomic E-state index is 13.9. The van der Waals surface area contributed by atoms with E-state index in [1.807, 2.05) is 6.07 Å². The molecular formula is C14H13Cl2FN2. The third kappa shape index (κ3) is 3.24. The predicted molar refractivity (Wildman–Crippen MR) is 76.2 cm³/mol. The second-order valence-electron chi connectivity index (χ2n) is 4.15. The van der Waals surface area contributed by atoms with Gasteiger partial charge in [0.2, 0.25) is 0 Å². The van der Waals surface area contributed by atoms with E-state index < -0.39 is 0 Å². The second kappa shape index (κ2) is 6.33. The molecule has 2 rings (SSSR count). The van der Waals surface area contributed by atoms with Crippen molar-refractivity contribution in [1.82, 2.24) is 10.3 Å². The van der Waals surface area contributed by atoms with E-state index >= 15 is 0 Å². The standard InChI is InChI=1S/C14H13Cl2FN2/c1-18-13(7-9-5-6-19-8-11(9)16)14-10(15)3-2-4-12(14)17/h2-6,8,13,18H,7H2,1H3. The summed E-state index contributed by atoms with van der Waals surface area (Å²) in [4.78, 5) is 3.93. The van der Waals surface area contributed by atoms with Crippen molar-refractivity contribution in [2.75, 3.05) is 7.05 Å². The van der Waals surface area contributed by atoms with Gasteiger partial charge in [-0.3, -0.25) is 4.98 Å². The molecule has 0 saturated carbocycles. The highest BCUT2D eigenvalue weighted by Gasteiger charge is 2.18. The van der Waals surface area contributed by atoms with Gasteiger partial charge in [0.15, 0.2) is 0 Å². The van der Waals surface area contributed by atoms with Crippen LogP contribution in [0.15, 0.2) is 36.7 Å². The van der Waals surface area contributed by atoms with Crippen molar-refractivity contribution >= 4 is 23.2 Å². The molecule has 100 valence electrons. The molecule has 2 nitrogen and oxygen atoms in total. The summed E-state index contributed by atoms with van der Waals surface area (Å²) < 4.78 is 13.9. The molecule has 1 unspecified atom stereocenters. The van der Waals surface area contributed by atoms with Crippen LogP contribution in [0.2, 0.25) is 10.0 Å². The Balaban J connectivity index is 2.34. The molecular weight excluding hydrogens is 286 g/mol. The van der Waals surface area contributed by atoms with E-state index in [-0.39, 0.29) is 11.9 Å². The van der Waals surface area contributed by atoms with Crippen LogP contribution in [0.5, 0.6) is 0 Å². The molecule has 0 aliphatic carbocycles. The first-order chi connectivity index (χ1) is 9.13. The fraction of sp³-hybridized carbons (Fsp3) is 0.214. The highest BCUT2D eigenvalue weighted by Crippen LogP contribution is 2.29. The summed E-state index contributed by atoms with van der Waals surface area (Å²) in [6.07, 6.45) is 3.78. The number of hydrogen-bond donors (Lipinski definition) is 1. The van der Waals surface area contributed by atoms with Gasteiger partial charge >= 0.3 is 0 Å². The van der Waals surface area contributed by atoms with Gasteiger partial charge in [0.25, 0.3) is 0 Å². The quantitative estimate of drug-likeness (QED) is 0.922. The van der Waals surface area contributed by atoms with Gasteiger partial charge in [0, 0.05) is 29.0 Å². The molecule has 19 heavy (non-hydrogen) atoms. The Morgan fingerprint density at radius 2 is 2.05 bits per heavy atom. The molecule has 0 fully saturated rings. The Morgan fingerprint density at radius 1 is 1.26 bits per heavy atom. The number of likely N-dealkylation sites (N-methyl/N-ethyl adjacent to an activating group) is 1. The SMILES string of the molecule is CNC(Cc1ccncc1Cl)c1c(F)cccc1Cl. The molecule has 1 atom stereocenters. The molecule has 1 aromatic heterocycles. The summed E-state index contributed by atoms with van der Waals surface area (Å²) in [6, 6.07) is 6.25. The fourth-order valence-electron chi connectivity index (χ4n) is 1.98. The second-order valence-corrected chi connectivity index (χ2v) is 4.96. The van der Waals surface area contributed by atoms with Crippen LogP contribution in [0.3, 0.4) is 0 Å². The van der Waals surface area contributed by atoms with Gasteiger partial charge in [-0.1, -0.05) is 29.3 Å². The van der Waals surface area contributed by atoms with Gasteiger partial charge in [-0.2, -0.15) is 0 Å². The number of aromatic nitrogens is 1. The Bertz CT molecular complexity index is 555. The smallest absolute Gasteiger partial charge is 0.129 e. The first-order valence-corrected chi connectivity index (χ1v) is 6.58. The Kier molecular flexibility index (Phi) is 4.75. The highest BCUT2D eigenvalue weighted by atomic mass is 35.5. The van der Waals surface area contributed by atoms with Crippen molar-refractivity contribution < 1.29 is 4.39 Å². The molecule has 0 aliphatic rings. The largest absolute Gasteiger partial charge is 0.313 e. The van der Waals surface area contributed by atoms with Crippen LogP contribution < -0.4 is 5.32 Å². The molecule has 2 aromatic rings. The Labute approximate surface area is 121 Å².